The second kappa shape index (κ2) is 13.7. The zero-order chi connectivity index (χ0) is 34.4. The quantitative estimate of drug-likeness (QED) is 0.342. The molecule has 0 bridgehead atoms. The van der Waals surface area contributed by atoms with Crippen LogP contribution in [-0.4, -0.2) is 87.1 Å². The number of carbonyl (C=O) groups is 4. The van der Waals surface area contributed by atoms with E-state index >= 15 is 0 Å². The van der Waals surface area contributed by atoms with Crippen LogP contribution in [0.4, 0.5) is 5.69 Å². The highest BCUT2D eigenvalue weighted by atomic mass is 16.2. The van der Waals surface area contributed by atoms with Crippen LogP contribution in [0, 0.1) is 11.8 Å². The molecule has 5 aliphatic rings. The first kappa shape index (κ1) is 32.7. The van der Waals surface area contributed by atoms with Crippen molar-refractivity contribution < 1.29 is 19.2 Å². The molecule has 4 aliphatic heterocycles. The summed E-state index contributed by atoms with van der Waals surface area (Å²) in [7, 11) is 0. The molecule has 50 heavy (non-hydrogen) atoms. The third kappa shape index (κ3) is 5.89. The molecule has 1 aromatic heterocycles. The number of likely N-dealkylation sites (tertiary alicyclic amines) is 1. The van der Waals surface area contributed by atoms with Gasteiger partial charge < -0.3 is 25.0 Å². The van der Waals surface area contributed by atoms with Crippen molar-refractivity contribution in [2.24, 2.45) is 17.6 Å². The number of rotatable bonds is 10. The fourth-order valence-corrected chi connectivity index (χ4v) is 9.59. The Balaban J connectivity index is 1.03. The topological polar surface area (TPSA) is 125 Å². The van der Waals surface area contributed by atoms with Crippen LogP contribution >= 0.6 is 0 Å². The molecule has 2 fully saturated rings. The van der Waals surface area contributed by atoms with Gasteiger partial charge in [0.05, 0.1) is 30.5 Å². The number of para-hydroxylation sites is 1. The van der Waals surface area contributed by atoms with Crippen LogP contribution in [0.5, 0.6) is 0 Å². The number of aryl methyl sites for hydroxylation is 1. The van der Waals surface area contributed by atoms with Crippen LogP contribution in [0.2, 0.25) is 0 Å². The summed E-state index contributed by atoms with van der Waals surface area (Å²) in [6.07, 6.45) is 12.4. The van der Waals surface area contributed by atoms with E-state index in [9.17, 15) is 19.2 Å². The number of amides is 4. The SMILES string of the molecule is NC(=O)CN(CCCn1ccnc1)C(=O)C1CCC(CN2C(=O)c3ccccc3C3C(=O)N4CCC(N5CCCC5)c5cccc(c54)C32)CC1. The lowest BCUT2D eigenvalue weighted by atomic mass is 9.73. The lowest BCUT2D eigenvalue weighted by Gasteiger charge is -2.51. The Labute approximate surface area is 293 Å². The molecule has 4 amide bonds. The molecule has 1 saturated carbocycles. The Morgan fingerprint density at radius 2 is 1.66 bits per heavy atom. The minimum atomic E-state index is -0.511. The van der Waals surface area contributed by atoms with Crippen molar-refractivity contribution in [3.63, 3.8) is 0 Å². The fraction of sp³-hybridized carbons (Fsp3) is 0.513. The maximum Gasteiger partial charge on any atom is 0.254 e. The van der Waals surface area contributed by atoms with E-state index < -0.39 is 11.8 Å². The van der Waals surface area contributed by atoms with Crippen LogP contribution in [-0.2, 0) is 20.9 Å². The highest BCUT2D eigenvalue weighted by Crippen LogP contribution is 2.54. The average molecular weight is 678 g/mol. The van der Waals surface area contributed by atoms with E-state index in [0.29, 0.717) is 57.0 Å². The first-order valence-electron chi connectivity index (χ1n) is 18.5. The zero-order valence-electron chi connectivity index (χ0n) is 28.7. The highest BCUT2D eigenvalue weighted by molar-refractivity contribution is 6.08. The van der Waals surface area contributed by atoms with E-state index in [2.05, 4.69) is 28.1 Å². The molecule has 0 radical (unpaired) electrons. The summed E-state index contributed by atoms with van der Waals surface area (Å²) in [4.78, 5) is 66.9. The summed E-state index contributed by atoms with van der Waals surface area (Å²) in [5, 5.41) is 0. The summed E-state index contributed by atoms with van der Waals surface area (Å²) in [6, 6.07) is 14.1. The Morgan fingerprint density at radius 1 is 0.900 bits per heavy atom. The first-order chi connectivity index (χ1) is 24.4. The minimum Gasteiger partial charge on any atom is -0.368 e. The summed E-state index contributed by atoms with van der Waals surface area (Å²) in [6.45, 7) is 4.48. The predicted octanol–water partition coefficient (Wildman–Crippen LogP) is 4.26. The molecule has 11 nitrogen and oxygen atoms in total. The number of nitrogens with two attached hydrogens (primary N) is 1. The molecule has 262 valence electrons. The Bertz CT molecular complexity index is 1760. The normalized spacial score (nSPS) is 26.0. The Kier molecular flexibility index (Phi) is 8.93. The summed E-state index contributed by atoms with van der Waals surface area (Å²) in [5.41, 5.74) is 10.3. The molecule has 2 aromatic carbocycles. The van der Waals surface area contributed by atoms with Gasteiger partial charge in [0.15, 0.2) is 0 Å². The van der Waals surface area contributed by atoms with Gasteiger partial charge in [-0.3, -0.25) is 24.1 Å². The van der Waals surface area contributed by atoms with Crippen molar-refractivity contribution in [1.29, 1.82) is 0 Å². The number of hydrogen-bond donors (Lipinski definition) is 1. The number of benzene rings is 2. The van der Waals surface area contributed by atoms with Crippen LogP contribution in [0.25, 0.3) is 0 Å². The number of anilines is 1. The third-order valence-corrected chi connectivity index (χ3v) is 11.9. The number of hydrogen-bond acceptors (Lipinski definition) is 6. The van der Waals surface area contributed by atoms with Crippen molar-refractivity contribution in [3.8, 4) is 0 Å². The van der Waals surface area contributed by atoms with Gasteiger partial charge in [-0.15, -0.1) is 0 Å². The van der Waals surface area contributed by atoms with Gasteiger partial charge in [0, 0.05) is 56.1 Å². The Morgan fingerprint density at radius 3 is 2.42 bits per heavy atom. The van der Waals surface area contributed by atoms with E-state index in [-0.39, 0.29) is 42.1 Å². The van der Waals surface area contributed by atoms with Crippen molar-refractivity contribution in [3.05, 3.63) is 83.4 Å². The van der Waals surface area contributed by atoms with E-state index in [4.69, 9.17) is 5.73 Å². The third-order valence-electron chi connectivity index (χ3n) is 11.9. The molecule has 3 unspecified atom stereocenters. The number of primary amides is 1. The van der Waals surface area contributed by atoms with Crippen molar-refractivity contribution in [2.75, 3.05) is 44.2 Å². The molecule has 3 atom stereocenters. The van der Waals surface area contributed by atoms with E-state index in [1.807, 2.05) is 44.8 Å². The monoisotopic (exact) mass is 677 g/mol. The smallest absolute Gasteiger partial charge is 0.254 e. The van der Waals surface area contributed by atoms with E-state index in [1.165, 1.54) is 18.4 Å². The molecule has 3 aromatic rings. The second-order valence-corrected chi connectivity index (χ2v) is 14.9. The van der Waals surface area contributed by atoms with Gasteiger partial charge >= 0.3 is 0 Å². The van der Waals surface area contributed by atoms with Crippen molar-refractivity contribution >= 4 is 29.3 Å². The summed E-state index contributed by atoms with van der Waals surface area (Å²) in [5.74, 6) is -0.880. The second-order valence-electron chi connectivity index (χ2n) is 14.9. The van der Waals surface area contributed by atoms with Gasteiger partial charge in [0.25, 0.3) is 5.91 Å². The molecular formula is C39H47N7O4. The first-order valence-corrected chi connectivity index (χ1v) is 18.5. The van der Waals surface area contributed by atoms with Gasteiger partial charge in [-0.25, -0.2) is 4.98 Å². The highest BCUT2D eigenvalue weighted by Gasteiger charge is 2.52. The largest absolute Gasteiger partial charge is 0.368 e. The number of aromatic nitrogens is 2. The number of fused-ring (bicyclic) bond motifs is 4. The molecule has 0 spiro atoms. The maximum absolute atomic E-state index is 14.6. The molecule has 1 saturated heterocycles. The van der Waals surface area contributed by atoms with Gasteiger partial charge in [-0.2, -0.15) is 0 Å². The zero-order valence-corrected chi connectivity index (χ0v) is 28.7. The number of imidazole rings is 1. The van der Waals surface area contributed by atoms with Crippen LogP contribution in [0.15, 0.2) is 61.2 Å². The number of carbonyl (C=O) groups excluding carboxylic acids is 4. The predicted molar refractivity (Wildman–Crippen MR) is 188 cm³/mol. The van der Waals surface area contributed by atoms with Gasteiger partial charge in [0.1, 0.15) is 0 Å². The van der Waals surface area contributed by atoms with E-state index in [1.54, 1.807) is 17.4 Å². The molecule has 8 rings (SSSR count). The fourth-order valence-electron chi connectivity index (χ4n) is 9.59. The lowest BCUT2D eigenvalue weighted by molar-refractivity contribution is -0.140. The number of nitrogens with zero attached hydrogens (tertiary/aromatic N) is 6. The van der Waals surface area contributed by atoms with Crippen LogP contribution < -0.4 is 10.6 Å². The van der Waals surface area contributed by atoms with Crippen molar-refractivity contribution in [2.45, 2.75) is 75.9 Å². The summed E-state index contributed by atoms with van der Waals surface area (Å²) < 4.78 is 1.96. The molecule has 1 aliphatic carbocycles. The molecule has 5 heterocycles. The van der Waals surface area contributed by atoms with Crippen LogP contribution in [0.3, 0.4) is 0 Å². The average Bonchev–Trinajstić information content (AvgIpc) is 3.87. The van der Waals surface area contributed by atoms with Gasteiger partial charge in [-0.1, -0.05) is 36.4 Å². The van der Waals surface area contributed by atoms with Crippen LogP contribution in [0.1, 0.15) is 96.4 Å². The maximum atomic E-state index is 14.6. The van der Waals surface area contributed by atoms with E-state index in [0.717, 1.165) is 49.2 Å². The van der Waals surface area contributed by atoms with Gasteiger partial charge in [-0.05, 0) is 93.1 Å². The minimum absolute atomic E-state index is 0.0163. The standard InChI is InChI=1S/C39H47N7O4/c40-33(47)24-44(20-6-17-42-22-16-41-25-42)37(48)27-13-11-26(12-14-27)23-46-36-31-10-5-9-30-32(43-18-3-4-19-43)15-21-45(35(30)31)39(50)34(36)28-7-1-2-8-29(28)38(46)49/h1-2,5,7-10,16,22,25-27,32,34,36H,3-4,6,11-15,17-21,23-24H2,(H2,40,47). The Hall–Kier alpha value is -4.51. The van der Waals surface area contributed by atoms with Crippen molar-refractivity contribution in [1.82, 2.24) is 24.3 Å². The lowest BCUT2D eigenvalue weighted by Crippen LogP contribution is -2.55. The molecule has 11 heteroatoms. The summed E-state index contributed by atoms with van der Waals surface area (Å²) >= 11 is 0. The molecule has 2 N–H and O–H groups in total. The van der Waals surface area contributed by atoms with Gasteiger partial charge in [0.2, 0.25) is 17.7 Å². The molecular weight excluding hydrogens is 630 g/mol.